The molecule has 4 aromatic rings. The Hall–Kier alpha value is -4.66. The summed E-state index contributed by atoms with van der Waals surface area (Å²) in [5, 5.41) is 9.79. The Morgan fingerprint density at radius 3 is 2.67 bits per heavy atom. The van der Waals surface area contributed by atoms with E-state index in [0.29, 0.717) is 36.2 Å². The van der Waals surface area contributed by atoms with Crippen LogP contribution in [0.1, 0.15) is 34.4 Å². The summed E-state index contributed by atoms with van der Waals surface area (Å²) in [6, 6.07) is 14.7. The fraction of sp³-hybridized carbons (Fsp3) is 0.290. The van der Waals surface area contributed by atoms with E-state index in [9.17, 15) is 9.90 Å². The lowest BCUT2D eigenvalue weighted by atomic mass is 9.86. The highest BCUT2D eigenvalue weighted by molar-refractivity contribution is 5.94. The summed E-state index contributed by atoms with van der Waals surface area (Å²) in [7, 11) is 1.56. The molecular weight excluding hydrogens is 506 g/mol. The number of carbonyl (C=O) groups is 1. The van der Waals surface area contributed by atoms with Crippen molar-refractivity contribution in [3.63, 3.8) is 0 Å². The van der Waals surface area contributed by atoms with Crippen molar-refractivity contribution in [2.45, 2.75) is 39.2 Å². The second-order valence-electron chi connectivity index (χ2n) is 10.2. The number of nitrogens with two attached hydrogens (primary N) is 1. The number of rotatable bonds is 6. The van der Waals surface area contributed by atoms with Crippen LogP contribution in [0.5, 0.6) is 11.8 Å². The van der Waals surface area contributed by atoms with Crippen LogP contribution in [0.2, 0.25) is 0 Å². The van der Waals surface area contributed by atoms with Crippen molar-refractivity contribution >= 4 is 17.6 Å². The predicted octanol–water partition coefficient (Wildman–Crippen LogP) is 4.62. The largest absolute Gasteiger partial charge is 0.493 e. The minimum atomic E-state index is -0.907. The molecule has 0 fully saturated rings. The molecule has 0 atom stereocenters. The molecule has 0 saturated heterocycles. The van der Waals surface area contributed by atoms with Crippen LogP contribution in [0.3, 0.4) is 0 Å². The molecule has 2 aromatic carbocycles. The molecule has 3 N–H and O–H groups in total. The van der Waals surface area contributed by atoms with Crippen molar-refractivity contribution < 1.29 is 19.4 Å². The molecule has 0 unspecified atom stereocenters. The lowest BCUT2D eigenvalue weighted by molar-refractivity contribution is -0.136. The Labute approximate surface area is 232 Å². The summed E-state index contributed by atoms with van der Waals surface area (Å²) in [5.41, 5.74) is 14.9. The average molecular weight is 538 g/mol. The number of nitrogens with zero attached hydrogens (tertiary/aromatic N) is 4. The number of pyridine rings is 1. The minimum Gasteiger partial charge on any atom is -0.493 e. The van der Waals surface area contributed by atoms with Gasteiger partial charge >= 0.3 is 12.0 Å². The van der Waals surface area contributed by atoms with Gasteiger partial charge in [0.15, 0.2) is 0 Å². The van der Waals surface area contributed by atoms with Gasteiger partial charge < -0.3 is 25.2 Å². The normalized spacial score (nSPS) is 14.2. The lowest BCUT2D eigenvalue weighted by Gasteiger charge is -2.30. The Morgan fingerprint density at radius 1 is 1.05 bits per heavy atom. The molecule has 9 nitrogen and oxygen atoms in total. The molecule has 2 aliphatic rings. The van der Waals surface area contributed by atoms with Gasteiger partial charge in [-0.2, -0.15) is 4.98 Å². The van der Waals surface area contributed by atoms with Crippen molar-refractivity contribution in [1.29, 1.82) is 0 Å². The van der Waals surface area contributed by atoms with E-state index in [1.165, 1.54) is 11.1 Å². The number of ether oxygens (including phenoxy) is 2. The van der Waals surface area contributed by atoms with Crippen LogP contribution in [-0.2, 0) is 30.6 Å². The van der Waals surface area contributed by atoms with Crippen LogP contribution in [-0.4, -0.2) is 46.3 Å². The van der Waals surface area contributed by atoms with Crippen LogP contribution >= 0.6 is 0 Å². The summed E-state index contributed by atoms with van der Waals surface area (Å²) in [4.78, 5) is 27.4. The van der Waals surface area contributed by atoms with Crippen LogP contribution in [0.4, 0.5) is 11.6 Å². The number of anilines is 2. The number of methoxy groups -OCH3 is 1. The lowest BCUT2D eigenvalue weighted by Crippen LogP contribution is -2.31. The number of benzene rings is 2. The quantitative estimate of drug-likeness (QED) is 0.363. The van der Waals surface area contributed by atoms with Crippen molar-refractivity contribution in [3.05, 3.63) is 76.6 Å². The number of aryl methyl sites for hydroxylation is 2. The summed E-state index contributed by atoms with van der Waals surface area (Å²) >= 11 is 0. The first-order valence-electron chi connectivity index (χ1n) is 13.4. The van der Waals surface area contributed by atoms with E-state index in [-0.39, 0.29) is 6.42 Å². The number of nitrogen functional groups attached to an aromatic ring is 1. The van der Waals surface area contributed by atoms with Gasteiger partial charge in [-0.3, -0.25) is 4.79 Å². The third-order valence-electron chi connectivity index (χ3n) is 7.69. The molecule has 0 radical (unpaired) electrons. The first-order chi connectivity index (χ1) is 19.4. The molecule has 4 heterocycles. The molecule has 0 amide bonds. The SMILES string of the molecule is COc1nccc(N2CCc3cc(-c4c(N)nc(C)c(CC(=O)O)c4-c4ccc5c(c4)CCCO5)ccc3C2)n1. The molecule has 0 aliphatic carbocycles. The van der Waals surface area contributed by atoms with Gasteiger partial charge in [0.25, 0.3) is 0 Å². The topological polar surface area (TPSA) is 124 Å². The Balaban J connectivity index is 1.44. The number of carboxylic acid groups (broad SMARTS) is 1. The van der Waals surface area contributed by atoms with Gasteiger partial charge in [-0.15, -0.1) is 0 Å². The Kier molecular flexibility index (Phi) is 6.71. The molecule has 0 saturated carbocycles. The molecule has 6 rings (SSSR count). The molecule has 40 heavy (non-hydrogen) atoms. The second-order valence-corrected chi connectivity index (χ2v) is 10.2. The highest BCUT2D eigenvalue weighted by Gasteiger charge is 2.25. The zero-order valence-corrected chi connectivity index (χ0v) is 22.6. The number of carboxylic acids is 1. The van der Waals surface area contributed by atoms with Gasteiger partial charge in [0.2, 0.25) is 0 Å². The van der Waals surface area contributed by atoms with E-state index in [0.717, 1.165) is 65.2 Å². The number of hydrogen-bond donors (Lipinski definition) is 2. The first kappa shape index (κ1) is 25.6. The van der Waals surface area contributed by atoms with Gasteiger partial charge in [-0.05, 0) is 83.3 Å². The van der Waals surface area contributed by atoms with Gasteiger partial charge in [-0.1, -0.05) is 24.3 Å². The number of hydrogen-bond acceptors (Lipinski definition) is 8. The standard InChI is InChI=1S/C31H31N5O4/c1-18-24(16-27(37)38)28(21-7-8-25-20(15-21)4-3-13-40-25)29(30(32)34-18)22-5-6-23-17-36(12-10-19(23)14-22)26-9-11-33-31(35-26)39-2/h5-9,11,14-15H,3-4,10,12-13,16-17H2,1-2H3,(H2,32,34)(H,37,38). The number of fused-ring (bicyclic) bond motifs is 2. The maximum Gasteiger partial charge on any atom is 0.318 e. The Morgan fingerprint density at radius 2 is 1.85 bits per heavy atom. The fourth-order valence-electron chi connectivity index (χ4n) is 5.77. The highest BCUT2D eigenvalue weighted by Crippen LogP contribution is 2.42. The smallest absolute Gasteiger partial charge is 0.318 e. The highest BCUT2D eigenvalue weighted by atomic mass is 16.5. The molecule has 2 aromatic heterocycles. The van der Waals surface area contributed by atoms with E-state index < -0.39 is 5.97 Å². The van der Waals surface area contributed by atoms with E-state index in [2.05, 4.69) is 44.1 Å². The minimum absolute atomic E-state index is 0.142. The predicted molar refractivity (Wildman–Crippen MR) is 153 cm³/mol. The molecule has 9 heteroatoms. The molecule has 2 aliphatic heterocycles. The fourth-order valence-corrected chi connectivity index (χ4v) is 5.77. The van der Waals surface area contributed by atoms with Crippen LogP contribution in [0.15, 0.2) is 48.7 Å². The number of aliphatic carboxylic acids is 1. The maximum atomic E-state index is 11.9. The third kappa shape index (κ3) is 4.79. The molecule has 0 bridgehead atoms. The monoisotopic (exact) mass is 537 g/mol. The summed E-state index contributed by atoms with van der Waals surface area (Å²) in [6.07, 6.45) is 4.25. The van der Waals surface area contributed by atoms with Crippen molar-refractivity contribution in [2.24, 2.45) is 0 Å². The zero-order valence-electron chi connectivity index (χ0n) is 22.6. The third-order valence-corrected chi connectivity index (χ3v) is 7.69. The van der Waals surface area contributed by atoms with Gasteiger partial charge in [0.05, 0.1) is 20.1 Å². The van der Waals surface area contributed by atoms with E-state index >= 15 is 0 Å². The molecule has 204 valence electrons. The van der Waals surface area contributed by atoms with E-state index in [4.69, 9.17) is 15.2 Å². The zero-order chi connectivity index (χ0) is 27.8. The van der Waals surface area contributed by atoms with Gasteiger partial charge in [0.1, 0.15) is 17.4 Å². The van der Waals surface area contributed by atoms with E-state index in [1.807, 2.05) is 25.1 Å². The van der Waals surface area contributed by atoms with Crippen LogP contribution < -0.4 is 20.1 Å². The number of aromatic nitrogens is 3. The summed E-state index contributed by atoms with van der Waals surface area (Å²) < 4.78 is 11.0. The first-order valence-corrected chi connectivity index (χ1v) is 13.4. The maximum absolute atomic E-state index is 11.9. The van der Waals surface area contributed by atoms with Gasteiger partial charge in [0, 0.05) is 30.5 Å². The van der Waals surface area contributed by atoms with Crippen molar-refractivity contribution in [3.8, 4) is 34.0 Å². The molecule has 0 spiro atoms. The van der Waals surface area contributed by atoms with Gasteiger partial charge in [-0.25, -0.2) is 9.97 Å². The van der Waals surface area contributed by atoms with Crippen molar-refractivity contribution in [1.82, 2.24) is 15.0 Å². The van der Waals surface area contributed by atoms with Crippen LogP contribution in [0, 0.1) is 6.92 Å². The van der Waals surface area contributed by atoms with Crippen molar-refractivity contribution in [2.75, 3.05) is 30.9 Å². The van der Waals surface area contributed by atoms with E-state index in [1.54, 1.807) is 13.3 Å². The summed E-state index contributed by atoms with van der Waals surface area (Å²) in [5.74, 6) is 1.19. The Bertz CT molecular complexity index is 1620. The second kappa shape index (κ2) is 10.5. The molecular formula is C31H31N5O4. The van der Waals surface area contributed by atoms with Crippen LogP contribution in [0.25, 0.3) is 22.3 Å². The summed E-state index contributed by atoms with van der Waals surface area (Å²) in [6.45, 7) is 4.03. The average Bonchev–Trinajstić information content (AvgIpc) is 2.97.